The van der Waals surface area contributed by atoms with Gasteiger partial charge in [-0.1, -0.05) is 12.1 Å². The monoisotopic (exact) mass is 361 g/mol. The summed E-state index contributed by atoms with van der Waals surface area (Å²) in [5, 5.41) is 12.6. The number of para-hydroxylation sites is 2. The van der Waals surface area contributed by atoms with Crippen LogP contribution in [0.15, 0.2) is 24.3 Å². The first-order valence-corrected chi connectivity index (χ1v) is 9.25. The third-order valence-corrected chi connectivity index (χ3v) is 5.29. The standard InChI is InChI=1S/C19H27N3O4/c1-14(19(25)22-10-12-26-13-11-22)21-8-6-15(7-9-21)18(24)20-16-4-2-3-5-17(16)23/h2-5,14-15,23H,6-13H2,1H3,(H,20,24). The maximum Gasteiger partial charge on any atom is 0.239 e. The fourth-order valence-electron chi connectivity index (χ4n) is 3.57. The zero-order valence-corrected chi connectivity index (χ0v) is 15.2. The smallest absolute Gasteiger partial charge is 0.239 e. The van der Waals surface area contributed by atoms with Gasteiger partial charge in [-0.3, -0.25) is 14.5 Å². The van der Waals surface area contributed by atoms with E-state index >= 15 is 0 Å². The van der Waals surface area contributed by atoms with Gasteiger partial charge in [-0.15, -0.1) is 0 Å². The van der Waals surface area contributed by atoms with Gasteiger partial charge in [0, 0.05) is 19.0 Å². The van der Waals surface area contributed by atoms with Crippen LogP contribution in [0.1, 0.15) is 19.8 Å². The van der Waals surface area contributed by atoms with Crippen LogP contribution in [0, 0.1) is 5.92 Å². The number of piperidine rings is 1. The molecule has 0 saturated carbocycles. The van der Waals surface area contributed by atoms with Gasteiger partial charge in [0.2, 0.25) is 11.8 Å². The first-order valence-electron chi connectivity index (χ1n) is 9.25. The SMILES string of the molecule is CC(C(=O)N1CCOCC1)N1CCC(C(=O)Nc2ccccc2O)CC1. The van der Waals surface area contributed by atoms with Crippen LogP contribution in [0.4, 0.5) is 5.69 Å². The topological polar surface area (TPSA) is 82.1 Å². The number of ether oxygens (including phenoxy) is 1. The quantitative estimate of drug-likeness (QED) is 0.790. The van der Waals surface area contributed by atoms with Gasteiger partial charge in [0.1, 0.15) is 5.75 Å². The molecule has 0 aromatic heterocycles. The number of amides is 2. The lowest BCUT2D eigenvalue weighted by Gasteiger charge is -2.37. The van der Waals surface area contributed by atoms with Crippen LogP contribution in [0.3, 0.4) is 0 Å². The molecule has 2 N–H and O–H groups in total. The number of morpholine rings is 1. The molecule has 142 valence electrons. The number of nitrogens with one attached hydrogen (secondary N) is 1. The first-order chi connectivity index (χ1) is 12.6. The lowest BCUT2D eigenvalue weighted by Crippen LogP contribution is -2.52. The molecule has 3 rings (SSSR count). The van der Waals surface area contributed by atoms with E-state index in [1.807, 2.05) is 11.8 Å². The summed E-state index contributed by atoms with van der Waals surface area (Å²) in [4.78, 5) is 29.1. The molecule has 2 aliphatic rings. The van der Waals surface area contributed by atoms with E-state index in [4.69, 9.17) is 4.74 Å². The molecule has 2 amide bonds. The van der Waals surface area contributed by atoms with Crippen molar-refractivity contribution in [3.8, 4) is 5.75 Å². The Kier molecular flexibility index (Phi) is 6.11. The lowest BCUT2D eigenvalue weighted by atomic mass is 9.94. The highest BCUT2D eigenvalue weighted by Gasteiger charge is 2.32. The summed E-state index contributed by atoms with van der Waals surface area (Å²) in [5.74, 6) is 0.0447. The molecule has 26 heavy (non-hydrogen) atoms. The number of benzene rings is 1. The van der Waals surface area contributed by atoms with E-state index in [0.29, 0.717) is 44.8 Å². The molecule has 2 heterocycles. The molecule has 0 spiro atoms. The molecule has 0 aliphatic carbocycles. The average Bonchev–Trinajstić information content (AvgIpc) is 2.69. The molecule has 1 aromatic carbocycles. The van der Waals surface area contributed by atoms with Gasteiger partial charge in [-0.2, -0.15) is 0 Å². The van der Waals surface area contributed by atoms with Crippen LogP contribution in [0.5, 0.6) is 5.75 Å². The van der Waals surface area contributed by atoms with E-state index in [1.54, 1.807) is 24.3 Å². The summed E-state index contributed by atoms with van der Waals surface area (Å²) < 4.78 is 5.30. The summed E-state index contributed by atoms with van der Waals surface area (Å²) in [6.45, 7) is 5.90. The summed E-state index contributed by atoms with van der Waals surface area (Å²) in [6, 6.07) is 6.56. The molecule has 1 unspecified atom stereocenters. The van der Waals surface area contributed by atoms with Crippen molar-refractivity contribution in [3.05, 3.63) is 24.3 Å². The van der Waals surface area contributed by atoms with E-state index in [9.17, 15) is 14.7 Å². The van der Waals surface area contributed by atoms with Gasteiger partial charge in [-0.25, -0.2) is 0 Å². The van der Waals surface area contributed by atoms with Crippen molar-refractivity contribution < 1.29 is 19.4 Å². The van der Waals surface area contributed by atoms with Gasteiger partial charge in [0.15, 0.2) is 0 Å². The Hall–Kier alpha value is -2.12. The highest BCUT2D eigenvalue weighted by molar-refractivity contribution is 5.94. The highest BCUT2D eigenvalue weighted by atomic mass is 16.5. The molecule has 7 nitrogen and oxygen atoms in total. The van der Waals surface area contributed by atoms with Crippen LogP contribution in [-0.4, -0.2) is 72.2 Å². The van der Waals surface area contributed by atoms with Crippen molar-refractivity contribution in [1.29, 1.82) is 0 Å². The van der Waals surface area contributed by atoms with E-state index in [0.717, 1.165) is 13.1 Å². The molecule has 1 aromatic rings. The van der Waals surface area contributed by atoms with E-state index < -0.39 is 0 Å². The Labute approximate surface area is 153 Å². The lowest BCUT2D eigenvalue weighted by molar-refractivity contribution is -0.141. The Morgan fingerprint density at radius 3 is 2.46 bits per heavy atom. The largest absolute Gasteiger partial charge is 0.506 e. The normalized spacial score (nSPS) is 20.6. The second kappa shape index (κ2) is 8.51. The van der Waals surface area contributed by atoms with Crippen LogP contribution < -0.4 is 5.32 Å². The third kappa shape index (κ3) is 4.34. The van der Waals surface area contributed by atoms with Crippen LogP contribution in [0.25, 0.3) is 0 Å². The van der Waals surface area contributed by atoms with Gasteiger partial charge in [0.05, 0.1) is 24.9 Å². The van der Waals surface area contributed by atoms with Gasteiger partial charge >= 0.3 is 0 Å². The second-order valence-electron chi connectivity index (χ2n) is 6.93. The summed E-state index contributed by atoms with van der Waals surface area (Å²) in [7, 11) is 0. The highest BCUT2D eigenvalue weighted by Crippen LogP contribution is 2.25. The average molecular weight is 361 g/mol. The molecular formula is C19H27N3O4. The first kappa shape index (κ1) is 18.7. The number of nitrogens with zero attached hydrogens (tertiary/aromatic N) is 2. The number of anilines is 1. The number of aromatic hydroxyl groups is 1. The van der Waals surface area contributed by atoms with Crippen molar-refractivity contribution >= 4 is 17.5 Å². The number of phenols is 1. The Morgan fingerprint density at radius 2 is 1.81 bits per heavy atom. The Morgan fingerprint density at radius 1 is 1.15 bits per heavy atom. The summed E-state index contributed by atoms with van der Waals surface area (Å²) in [5.41, 5.74) is 0.441. The maximum atomic E-state index is 12.6. The molecular weight excluding hydrogens is 334 g/mol. The van der Waals surface area contributed by atoms with E-state index in [-0.39, 0.29) is 29.5 Å². The number of hydrogen-bond acceptors (Lipinski definition) is 5. The predicted octanol–water partition coefficient (Wildman–Crippen LogP) is 1.29. The zero-order valence-electron chi connectivity index (χ0n) is 15.2. The second-order valence-corrected chi connectivity index (χ2v) is 6.93. The van der Waals surface area contributed by atoms with Gasteiger partial charge in [-0.05, 0) is 45.0 Å². The van der Waals surface area contributed by atoms with Crippen LogP contribution in [-0.2, 0) is 14.3 Å². The zero-order chi connectivity index (χ0) is 18.5. The Bertz CT molecular complexity index is 637. The molecule has 1 atom stereocenters. The van der Waals surface area contributed by atoms with E-state index in [1.165, 1.54) is 0 Å². The van der Waals surface area contributed by atoms with Crippen LogP contribution in [0.2, 0.25) is 0 Å². The van der Waals surface area contributed by atoms with E-state index in [2.05, 4.69) is 10.2 Å². The predicted molar refractivity (Wildman–Crippen MR) is 97.9 cm³/mol. The molecule has 2 saturated heterocycles. The number of phenolic OH excluding ortho intramolecular Hbond substituents is 1. The number of likely N-dealkylation sites (tertiary alicyclic amines) is 1. The molecule has 0 radical (unpaired) electrons. The van der Waals surface area contributed by atoms with Crippen molar-refractivity contribution in [2.24, 2.45) is 5.92 Å². The van der Waals surface area contributed by atoms with Crippen molar-refractivity contribution in [1.82, 2.24) is 9.80 Å². The minimum absolute atomic E-state index is 0.0710. The molecule has 2 aliphatic heterocycles. The fourth-order valence-corrected chi connectivity index (χ4v) is 3.57. The number of rotatable bonds is 4. The number of carbonyl (C=O) groups is 2. The van der Waals surface area contributed by atoms with Crippen molar-refractivity contribution in [2.45, 2.75) is 25.8 Å². The summed E-state index contributed by atoms with van der Waals surface area (Å²) >= 11 is 0. The molecule has 2 fully saturated rings. The summed E-state index contributed by atoms with van der Waals surface area (Å²) in [6.07, 6.45) is 1.42. The maximum absolute atomic E-state index is 12.6. The minimum atomic E-state index is -0.171. The third-order valence-electron chi connectivity index (χ3n) is 5.29. The van der Waals surface area contributed by atoms with Gasteiger partial charge in [0.25, 0.3) is 0 Å². The van der Waals surface area contributed by atoms with Gasteiger partial charge < -0.3 is 20.1 Å². The minimum Gasteiger partial charge on any atom is -0.506 e. The molecule has 7 heteroatoms. The van der Waals surface area contributed by atoms with Crippen molar-refractivity contribution in [3.63, 3.8) is 0 Å². The fraction of sp³-hybridized carbons (Fsp3) is 0.579. The number of hydrogen-bond donors (Lipinski definition) is 2. The molecule has 0 bridgehead atoms. The van der Waals surface area contributed by atoms with Crippen molar-refractivity contribution in [2.75, 3.05) is 44.7 Å². The Balaban J connectivity index is 1.49. The number of carbonyl (C=O) groups excluding carboxylic acids is 2. The van der Waals surface area contributed by atoms with Crippen LogP contribution >= 0.6 is 0 Å².